The van der Waals surface area contributed by atoms with Crippen LogP contribution < -0.4 is 0 Å². The largest absolute Gasteiger partial charge is 0.393 e. The highest BCUT2D eigenvalue weighted by molar-refractivity contribution is 6.85. The van der Waals surface area contributed by atoms with Gasteiger partial charge < -0.3 is 9.84 Å². The van der Waals surface area contributed by atoms with E-state index in [0.29, 0.717) is 19.3 Å². The first-order valence-electron chi connectivity index (χ1n) is 10.0. The molecule has 0 heterocycles. The number of carbonyl (C=O) groups excluding carboxylic acids is 1. The Morgan fingerprint density at radius 2 is 1.50 bits per heavy atom. The van der Waals surface area contributed by atoms with E-state index in [2.05, 4.69) is 27.3 Å². The second kappa shape index (κ2) is 9.64. The van der Waals surface area contributed by atoms with Crippen LogP contribution in [0.4, 0.5) is 0 Å². The van der Waals surface area contributed by atoms with Crippen molar-refractivity contribution in [3.63, 3.8) is 0 Å². The molecule has 2 aromatic rings. The number of aliphatic hydroxyl groups excluding tert-OH is 1. The average molecular weight is 399 g/mol. The van der Waals surface area contributed by atoms with Crippen molar-refractivity contribution in [1.82, 2.24) is 0 Å². The van der Waals surface area contributed by atoms with Crippen LogP contribution in [0.3, 0.4) is 0 Å². The molecule has 3 atom stereocenters. The van der Waals surface area contributed by atoms with E-state index in [0.717, 1.165) is 11.1 Å². The number of carbonyl (C=O) groups is 1. The minimum Gasteiger partial charge on any atom is -0.393 e. The molecule has 0 aliphatic heterocycles. The lowest BCUT2D eigenvalue weighted by atomic mass is 10.0. The lowest BCUT2D eigenvalue weighted by Crippen LogP contribution is -2.55. The van der Waals surface area contributed by atoms with Crippen molar-refractivity contribution in [2.45, 2.75) is 64.0 Å². The van der Waals surface area contributed by atoms with Gasteiger partial charge in [0.2, 0.25) is 0 Å². The molecule has 3 nitrogen and oxygen atoms in total. The molecule has 1 N–H and O–H groups in total. The molecule has 2 aromatic carbocycles. The van der Waals surface area contributed by atoms with E-state index in [4.69, 9.17) is 4.74 Å². The Bertz CT molecular complexity index is 737. The van der Waals surface area contributed by atoms with E-state index in [9.17, 15) is 9.90 Å². The van der Waals surface area contributed by atoms with E-state index < -0.39 is 14.2 Å². The molecule has 0 saturated carbocycles. The Balaban J connectivity index is 2.21. The Kier molecular flexibility index (Phi) is 7.76. The summed E-state index contributed by atoms with van der Waals surface area (Å²) >= 11 is 0. The van der Waals surface area contributed by atoms with Crippen molar-refractivity contribution >= 4 is 13.9 Å². The van der Waals surface area contributed by atoms with Crippen molar-refractivity contribution in [1.29, 1.82) is 0 Å². The zero-order valence-electron chi connectivity index (χ0n) is 17.8. The molecule has 0 radical (unpaired) electrons. The monoisotopic (exact) mass is 398 g/mol. The Morgan fingerprint density at radius 1 is 1.00 bits per heavy atom. The highest BCUT2D eigenvalue weighted by Gasteiger charge is 2.51. The summed E-state index contributed by atoms with van der Waals surface area (Å²) in [6, 6.07) is 19.9. The summed E-state index contributed by atoms with van der Waals surface area (Å²) in [7, 11) is -2.34. The molecule has 0 fully saturated rings. The quantitative estimate of drug-likeness (QED) is 0.592. The third kappa shape index (κ3) is 5.63. The molecule has 0 aromatic heterocycles. The van der Waals surface area contributed by atoms with Crippen LogP contribution in [0.5, 0.6) is 0 Å². The number of benzene rings is 2. The van der Waals surface area contributed by atoms with Gasteiger partial charge in [-0.2, -0.15) is 0 Å². The molecule has 4 heteroatoms. The molecule has 0 spiro atoms. The molecule has 2 rings (SSSR count). The highest BCUT2D eigenvalue weighted by Crippen LogP contribution is 2.46. The molecular weight excluding hydrogens is 364 g/mol. The second-order valence-corrected chi connectivity index (χ2v) is 14.2. The van der Waals surface area contributed by atoms with Crippen molar-refractivity contribution in [2.75, 3.05) is 6.23 Å². The van der Waals surface area contributed by atoms with Crippen molar-refractivity contribution in [2.24, 2.45) is 0 Å². The minimum atomic E-state index is -2.34. The van der Waals surface area contributed by atoms with E-state index >= 15 is 0 Å². The molecular formula is C24H34O3Si. The summed E-state index contributed by atoms with van der Waals surface area (Å²) in [6.45, 7) is 11.0. The van der Waals surface area contributed by atoms with Gasteiger partial charge in [0.25, 0.3) is 0 Å². The topological polar surface area (TPSA) is 46.5 Å². The number of hydrogen-bond acceptors (Lipinski definition) is 3. The Labute approximate surface area is 170 Å². The van der Waals surface area contributed by atoms with Crippen LogP contribution in [0.15, 0.2) is 60.7 Å². The summed E-state index contributed by atoms with van der Waals surface area (Å²) in [5.41, 5.74) is 1.74. The SMILES string of the molecule is C[C@H](O)[C@@H](C(=O)Cc1ccccc1)[Si@](C)(COCc1ccccc1)C(C)(C)C. The molecule has 0 amide bonds. The summed E-state index contributed by atoms with van der Waals surface area (Å²) < 4.78 is 6.14. The van der Waals surface area contributed by atoms with Gasteiger partial charge in [-0.15, -0.1) is 0 Å². The molecule has 152 valence electrons. The number of ether oxygens (including phenoxy) is 1. The molecule has 0 unspecified atom stereocenters. The second-order valence-electron chi connectivity index (χ2n) is 8.99. The molecule has 0 aliphatic rings. The number of ketones is 1. The van der Waals surface area contributed by atoms with Gasteiger partial charge >= 0.3 is 0 Å². The fourth-order valence-corrected chi connectivity index (χ4v) is 7.74. The van der Waals surface area contributed by atoms with E-state index in [1.165, 1.54) is 0 Å². The average Bonchev–Trinajstić information content (AvgIpc) is 2.62. The lowest BCUT2D eigenvalue weighted by molar-refractivity contribution is -0.120. The summed E-state index contributed by atoms with van der Waals surface area (Å²) in [6.07, 6.45) is 0.211. The lowest BCUT2D eigenvalue weighted by Gasteiger charge is -2.46. The van der Waals surface area contributed by atoms with Gasteiger partial charge in [-0.05, 0) is 23.1 Å². The van der Waals surface area contributed by atoms with E-state index in [1.807, 2.05) is 60.7 Å². The van der Waals surface area contributed by atoms with Gasteiger partial charge in [0.1, 0.15) is 5.78 Å². The zero-order valence-corrected chi connectivity index (χ0v) is 18.8. The number of hydrogen-bond donors (Lipinski definition) is 1. The van der Waals surface area contributed by atoms with Crippen molar-refractivity contribution in [3.05, 3.63) is 71.8 Å². The number of aliphatic hydroxyl groups is 1. The fourth-order valence-electron chi connectivity index (χ4n) is 3.79. The number of rotatable bonds is 9. The smallest absolute Gasteiger partial charge is 0.140 e. The van der Waals surface area contributed by atoms with Gasteiger partial charge in [0, 0.05) is 18.2 Å². The molecule has 0 aliphatic carbocycles. The van der Waals surface area contributed by atoms with Crippen LogP contribution in [0, 0.1) is 0 Å². The summed E-state index contributed by atoms with van der Waals surface area (Å²) in [5, 5.41) is 10.5. The Hall–Kier alpha value is -1.75. The number of Topliss-reactive ketones (excluding diaryl/α,β-unsaturated/α-hetero) is 1. The zero-order chi connectivity index (χ0) is 20.8. The summed E-state index contributed by atoms with van der Waals surface area (Å²) in [4.78, 5) is 13.3. The predicted molar refractivity (Wildman–Crippen MR) is 118 cm³/mol. The molecule has 28 heavy (non-hydrogen) atoms. The fraction of sp³-hybridized carbons (Fsp3) is 0.458. The van der Waals surface area contributed by atoms with E-state index in [-0.39, 0.29) is 16.4 Å². The summed E-state index contributed by atoms with van der Waals surface area (Å²) in [5.74, 6) is 0.119. The van der Waals surface area contributed by atoms with Crippen LogP contribution in [-0.2, 0) is 22.6 Å². The standard InChI is InChI=1S/C24H34O3Si/c1-19(25)23(22(26)16-20-12-8-6-9-13-20)28(5,24(2,3)4)18-27-17-21-14-10-7-11-15-21/h6-15,19,23,25H,16-18H2,1-5H3/t19-,23-,28-/m0/s1. The van der Waals surface area contributed by atoms with Gasteiger partial charge in [-0.1, -0.05) is 88.0 Å². The van der Waals surface area contributed by atoms with Gasteiger partial charge in [-0.25, -0.2) is 0 Å². The molecule has 0 saturated heterocycles. The first-order valence-corrected chi connectivity index (χ1v) is 12.8. The highest BCUT2D eigenvalue weighted by atomic mass is 28.3. The third-order valence-electron chi connectivity index (χ3n) is 5.96. The van der Waals surface area contributed by atoms with Crippen LogP contribution in [0.2, 0.25) is 17.1 Å². The Morgan fingerprint density at radius 3 is 1.96 bits per heavy atom. The van der Waals surface area contributed by atoms with Crippen molar-refractivity contribution < 1.29 is 14.6 Å². The normalized spacial score (nSPS) is 16.2. The maximum atomic E-state index is 13.3. The van der Waals surface area contributed by atoms with Gasteiger partial charge in [0.15, 0.2) is 0 Å². The van der Waals surface area contributed by atoms with Gasteiger partial charge in [0.05, 0.1) is 20.8 Å². The van der Waals surface area contributed by atoms with Crippen molar-refractivity contribution in [3.8, 4) is 0 Å². The first kappa shape index (κ1) is 22.5. The maximum absolute atomic E-state index is 13.3. The van der Waals surface area contributed by atoms with Crippen LogP contribution in [-0.4, -0.2) is 31.3 Å². The minimum absolute atomic E-state index is 0.0856. The third-order valence-corrected chi connectivity index (χ3v) is 12.4. The predicted octanol–water partition coefficient (Wildman–Crippen LogP) is 5.18. The van der Waals surface area contributed by atoms with Gasteiger partial charge in [-0.3, -0.25) is 4.79 Å². The maximum Gasteiger partial charge on any atom is 0.140 e. The first-order chi connectivity index (χ1) is 13.1. The van der Waals surface area contributed by atoms with Crippen LogP contribution in [0.1, 0.15) is 38.8 Å². The van der Waals surface area contributed by atoms with Crippen LogP contribution >= 0.6 is 0 Å². The van der Waals surface area contributed by atoms with Crippen LogP contribution in [0.25, 0.3) is 0 Å². The van der Waals surface area contributed by atoms with E-state index in [1.54, 1.807) is 6.92 Å². The molecule has 0 bridgehead atoms.